The first-order valence-corrected chi connectivity index (χ1v) is 8.39. The minimum absolute atomic E-state index is 0.197. The number of pyridine rings is 1. The first kappa shape index (κ1) is 15.7. The Hall–Kier alpha value is -2.82. The minimum Gasteiger partial charge on any atom is -0.366 e. The highest BCUT2D eigenvalue weighted by Gasteiger charge is 2.39. The van der Waals surface area contributed by atoms with Gasteiger partial charge in [0, 0.05) is 41.2 Å². The average Bonchev–Trinajstić information content (AvgIpc) is 3.39. The van der Waals surface area contributed by atoms with Crippen LogP contribution in [0.15, 0.2) is 48.8 Å². The molecule has 2 heterocycles. The zero-order valence-electron chi connectivity index (χ0n) is 14.2. The maximum atomic E-state index is 13.1. The van der Waals surface area contributed by atoms with Gasteiger partial charge in [0.15, 0.2) is 5.82 Å². The van der Waals surface area contributed by atoms with Crippen LogP contribution in [0.3, 0.4) is 0 Å². The molecule has 0 amide bonds. The smallest absolute Gasteiger partial charge is 0.163 e. The van der Waals surface area contributed by atoms with Gasteiger partial charge >= 0.3 is 0 Å². The van der Waals surface area contributed by atoms with Crippen LogP contribution < -0.4 is 5.32 Å². The molecular weight excluding hydrogens is 315 g/mol. The van der Waals surface area contributed by atoms with Gasteiger partial charge in [-0.3, -0.25) is 4.98 Å². The van der Waals surface area contributed by atoms with E-state index in [2.05, 4.69) is 15.3 Å². The molecule has 1 aliphatic rings. The van der Waals surface area contributed by atoms with Crippen LogP contribution in [0, 0.1) is 19.7 Å². The van der Waals surface area contributed by atoms with E-state index in [1.54, 1.807) is 12.4 Å². The summed E-state index contributed by atoms with van der Waals surface area (Å²) in [5.74, 6) is 1.74. The third kappa shape index (κ3) is 3.22. The van der Waals surface area contributed by atoms with Gasteiger partial charge in [0.05, 0.1) is 0 Å². The van der Waals surface area contributed by atoms with Crippen molar-refractivity contribution >= 4 is 5.82 Å². The average molecular weight is 334 g/mol. The summed E-state index contributed by atoms with van der Waals surface area (Å²) in [6.45, 7) is 4.02. The van der Waals surface area contributed by atoms with Crippen LogP contribution in [0.2, 0.25) is 0 Å². The Morgan fingerprint density at radius 1 is 1.08 bits per heavy atom. The van der Waals surface area contributed by atoms with E-state index < -0.39 is 0 Å². The van der Waals surface area contributed by atoms with Crippen molar-refractivity contribution in [3.63, 3.8) is 0 Å². The molecule has 4 rings (SSSR count). The monoisotopic (exact) mass is 334 g/mol. The van der Waals surface area contributed by atoms with Crippen molar-refractivity contribution in [1.82, 2.24) is 15.0 Å². The largest absolute Gasteiger partial charge is 0.366 e. The lowest BCUT2D eigenvalue weighted by molar-refractivity contribution is 0.627. The molecular formula is C20H19FN4. The predicted molar refractivity (Wildman–Crippen MR) is 95.9 cm³/mol. The van der Waals surface area contributed by atoms with Crippen molar-refractivity contribution in [2.24, 2.45) is 0 Å². The van der Waals surface area contributed by atoms with Crippen molar-refractivity contribution in [2.75, 3.05) is 5.32 Å². The van der Waals surface area contributed by atoms with Gasteiger partial charge in [-0.15, -0.1) is 0 Å². The Morgan fingerprint density at radius 3 is 2.60 bits per heavy atom. The molecule has 5 heteroatoms. The van der Waals surface area contributed by atoms with Crippen LogP contribution in [0.1, 0.15) is 29.2 Å². The summed E-state index contributed by atoms with van der Waals surface area (Å²) in [5, 5.41) is 3.53. The second-order valence-electron chi connectivity index (χ2n) is 6.49. The van der Waals surface area contributed by atoms with Crippen molar-refractivity contribution in [2.45, 2.75) is 32.2 Å². The highest BCUT2D eigenvalue weighted by atomic mass is 19.1. The fraction of sp³-hybridized carbons (Fsp3) is 0.250. The van der Waals surface area contributed by atoms with Gasteiger partial charge in [0.1, 0.15) is 11.6 Å². The molecule has 1 saturated carbocycles. The lowest BCUT2D eigenvalue weighted by Crippen LogP contribution is -2.10. The Bertz CT molecular complexity index is 894. The van der Waals surface area contributed by atoms with E-state index >= 15 is 0 Å². The number of rotatable bonds is 4. The van der Waals surface area contributed by atoms with E-state index in [9.17, 15) is 4.39 Å². The van der Waals surface area contributed by atoms with Gasteiger partial charge in [0.2, 0.25) is 0 Å². The van der Waals surface area contributed by atoms with Crippen LogP contribution in [-0.2, 0) is 0 Å². The molecule has 0 radical (unpaired) electrons. The lowest BCUT2D eigenvalue weighted by atomic mass is 10.1. The second kappa shape index (κ2) is 6.24. The Kier molecular flexibility index (Phi) is 3.92. The zero-order chi connectivity index (χ0) is 17.4. The number of aromatic nitrogens is 3. The van der Waals surface area contributed by atoms with Crippen molar-refractivity contribution < 1.29 is 4.39 Å². The molecule has 0 spiro atoms. The maximum Gasteiger partial charge on any atom is 0.163 e. The fourth-order valence-corrected chi connectivity index (χ4v) is 3.00. The van der Waals surface area contributed by atoms with Crippen molar-refractivity contribution in [3.05, 3.63) is 71.4 Å². The SMILES string of the molecule is Cc1nc(-c2cccnc2)nc(N[C@@H]2C[C@H]2c2ccc(F)cc2)c1C. The predicted octanol–water partition coefficient (Wildman–Crippen LogP) is 4.26. The molecule has 0 saturated heterocycles. The van der Waals surface area contributed by atoms with Gasteiger partial charge < -0.3 is 5.32 Å². The molecule has 25 heavy (non-hydrogen) atoms. The molecule has 126 valence electrons. The zero-order valence-corrected chi connectivity index (χ0v) is 14.2. The summed E-state index contributed by atoms with van der Waals surface area (Å²) in [4.78, 5) is 13.4. The lowest BCUT2D eigenvalue weighted by Gasteiger charge is -2.12. The third-order valence-electron chi connectivity index (χ3n) is 4.72. The second-order valence-corrected chi connectivity index (χ2v) is 6.49. The molecule has 0 unspecified atom stereocenters. The first-order chi connectivity index (χ1) is 12.1. The van der Waals surface area contributed by atoms with Crippen LogP contribution in [-0.4, -0.2) is 21.0 Å². The molecule has 1 fully saturated rings. The molecule has 4 nitrogen and oxygen atoms in total. The molecule has 1 aliphatic carbocycles. The van der Waals surface area contributed by atoms with Crippen LogP contribution in [0.25, 0.3) is 11.4 Å². The first-order valence-electron chi connectivity index (χ1n) is 8.39. The standard InChI is InChI=1S/C20H19FN4/c1-12-13(2)23-20(15-4-3-9-22-11-15)25-19(12)24-18-10-17(18)14-5-7-16(21)8-6-14/h3-9,11,17-18H,10H2,1-2H3,(H,23,24,25)/t17-,18+/m0/s1. The minimum atomic E-state index is -0.197. The van der Waals surface area contributed by atoms with Crippen molar-refractivity contribution in [1.29, 1.82) is 0 Å². The van der Waals surface area contributed by atoms with E-state index in [1.165, 1.54) is 12.1 Å². The van der Waals surface area contributed by atoms with E-state index in [-0.39, 0.29) is 5.82 Å². The van der Waals surface area contributed by atoms with Gasteiger partial charge in [-0.25, -0.2) is 14.4 Å². The summed E-state index contributed by atoms with van der Waals surface area (Å²) in [5.41, 5.74) is 4.07. The number of halogens is 1. The number of anilines is 1. The maximum absolute atomic E-state index is 13.1. The normalized spacial score (nSPS) is 18.8. The highest BCUT2D eigenvalue weighted by molar-refractivity contribution is 5.59. The summed E-state index contributed by atoms with van der Waals surface area (Å²) in [7, 11) is 0. The summed E-state index contributed by atoms with van der Waals surface area (Å²) < 4.78 is 13.1. The summed E-state index contributed by atoms with van der Waals surface area (Å²) in [6.07, 6.45) is 4.53. The molecule has 1 aromatic carbocycles. The number of hydrogen-bond donors (Lipinski definition) is 1. The Labute approximate surface area is 146 Å². The number of nitrogens with one attached hydrogen (secondary N) is 1. The Balaban J connectivity index is 1.57. The molecule has 3 aromatic rings. The number of hydrogen-bond acceptors (Lipinski definition) is 4. The van der Waals surface area contributed by atoms with Gasteiger partial charge in [-0.1, -0.05) is 12.1 Å². The highest BCUT2D eigenvalue weighted by Crippen LogP contribution is 2.43. The van der Waals surface area contributed by atoms with Gasteiger partial charge in [-0.05, 0) is 50.1 Å². The van der Waals surface area contributed by atoms with Gasteiger partial charge in [0.25, 0.3) is 0 Å². The quantitative estimate of drug-likeness (QED) is 0.774. The van der Waals surface area contributed by atoms with Crippen LogP contribution in [0.4, 0.5) is 10.2 Å². The Morgan fingerprint density at radius 2 is 1.88 bits per heavy atom. The number of nitrogens with zero attached hydrogens (tertiary/aromatic N) is 3. The number of benzene rings is 1. The van der Waals surface area contributed by atoms with Crippen molar-refractivity contribution in [3.8, 4) is 11.4 Å². The molecule has 2 atom stereocenters. The van der Waals surface area contributed by atoms with E-state index in [1.807, 2.05) is 38.1 Å². The summed E-state index contributed by atoms with van der Waals surface area (Å²) in [6, 6.07) is 10.9. The number of aryl methyl sites for hydroxylation is 1. The third-order valence-corrected chi connectivity index (χ3v) is 4.72. The van der Waals surface area contributed by atoms with E-state index in [0.717, 1.165) is 34.6 Å². The molecule has 1 N–H and O–H groups in total. The fourth-order valence-electron chi connectivity index (χ4n) is 3.00. The van der Waals surface area contributed by atoms with Gasteiger partial charge in [-0.2, -0.15) is 0 Å². The topological polar surface area (TPSA) is 50.7 Å². The van der Waals surface area contributed by atoms with E-state index in [4.69, 9.17) is 4.98 Å². The van der Waals surface area contributed by atoms with E-state index in [0.29, 0.717) is 17.8 Å². The van der Waals surface area contributed by atoms with Crippen LogP contribution in [0.5, 0.6) is 0 Å². The molecule has 0 bridgehead atoms. The summed E-state index contributed by atoms with van der Waals surface area (Å²) >= 11 is 0. The molecule has 2 aromatic heterocycles. The molecule has 0 aliphatic heterocycles. The van der Waals surface area contributed by atoms with Crippen LogP contribution >= 0.6 is 0 Å².